The average molecular weight is 192 g/mol. The zero-order valence-corrected chi connectivity index (χ0v) is 8.19. The Balaban J connectivity index is 2.52. The normalized spacial score (nSPS) is 10.7. The molecule has 0 atom stereocenters. The number of imidazole rings is 1. The highest BCUT2D eigenvalue weighted by Gasteiger charge is 2.04. The summed E-state index contributed by atoms with van der Waals surface area (Å²) < 4.78 is 6.82. The monoisotopic (exact) mass is 192 g/mol. The SMILES string of the molecule is CNCc1cnc2ccc(OC)nn12. The molecule has 0 aliphatic carbocycles. The van der Waals surface area contributed by atoms with Gasteiger partial charge in [-0.25, -0.2) is 9.50 Å². The third-order valence-corrected chi connectivity index (χ3v) is 1.98. The van der Waals surface area contributed by atoms with Gasteiger partial charge in [-0.05, 0) is 13.1 Å². The maximum atomic E-state index is 5.04. The summed E-state index contributed by atoms with van der Waals surface area (Å²) in [5, 5.41) is 7.32. The Labute approximate surface area is 81.7 Å². The van der Waals surface area contributed by atoms with Gasteiger partial charge in [0.2, 0.25) is 5.88 Å². The Morgan fingerprint density at radius 1 is 1.50 bits per heavy atom. The van der Waals surface area contributed by atoms with Gasteiger partial charge in [0.25, 0.3) is 0 Å². The van der Waals surface area contributed by atoms with E-state index in [9.17, 15) is 0 Å². The second-order valence-corrected chi connectivity index (χ2v) is 2.93. The van der Waals surface area contributed by atoms with Gasteiger partial charge < -0.3 is 10.1 Å². The molecule has 0 unspecified atom stereocenters. The Morgan fingerprint density at radius 3 is 3.07 bits per heavy atom. The molecule has 0 aromatic carbocycles. The van der Waals surface area contributed by atoms with E-state index in [1.165, 1.54) is 0 Å². The molecule has 5 nitrogen and oxygen atoms in total. The van der Waals surface area contributed by atoms with Crippen LogP contribution in [0.5, 0.6) is 5.88 Å². The first kappa shape index (κ1) is 8.96. The number of rotatable bonds is 3. The quantitative estimate of drug-likeness (QED) is 0.767. The third kappa shape index (κ3) is 1.42. The summed E-state index contributed by atoms with van der Waals surface area (Å²) in [6.45, 7) is 0.737. The fourth-order valence-electron chi connectivity index (χ4n) is 1.31. The third-order valence-electron chi connectivity index (χ3n) is 1.98. The van der Waals surface area contributed by atoms with Crippen molar-refractivity contribution in [1.82, 2.24) is 19.9 Å². The molecular weight excluding hydrogens is 180 g/mol. The minimum Gasteiger partial charge on any atom is -0.480 e. The highest BCUT2D eigenvalue weighted by atomic mass is 16.5. The maximum absolute atomic E-state index is 5.04. The van der Waals surface area contributed by atoms with Crippen LogP contribution in [0, 0.1) is 0 Å². The van der Waals surface area contributed by atoms with Crippen molar-refractivity contribution in [3.8, 4) is 5.88 Å². The number of fused-ring (bicyclic) bond motifs is 1. The number of methoxy groups -OCH3 is 1. The highest BCUT2D eigenvalue weighted by Crippen LogP contribution is 2.09. The molecule has 0 amide bonds. The van der Waals surface area contributed by atoms with Crippen LogP contribution >= 0.6 is 0 Å². The predicted molar refractivity (Wildman–Crippen MR) is 52.3 cm³/mol. The Hall–Kier alpha value is -1.62. The Bertz CT molecular complexity index is 437. The molecule has 0 saturated heterocycles. The van der Waals surface area contributed by atoms with Crippen molar-refractivity contribution >= 4 is 5.65 Å². The lowest BCUT2D eigenvalue weighted by Crippen LogP contribution is -2.09. The molecule has 0 aliphatic rings. The van der Waals surface area contributed by atoms with Crippen LogP contribution in [0.4, 0.5) is 0 Å². The van der Waals surface area contributed by atoms with Gasteiger partial charge in [-0.2, -0.15) is 0 Å². The summed E-state index contributed by atoms with van der Waals surface area (Å²) in [5.74, 6) is 0.591. The van der Waals surface area contributed by atoms with Crippen molar-refractivity contribution < 1.29 is 4.74 Å². The van der Waals surface area contributed by atoms with Gasteiger partial charge in [0, 0.05) is 12.6 Å². The molecule has 0 spiro atoms. The molecule has 2 aromatic rings. The van der Waals surface area contributed by atoms with Gasteiger partial charge in [-0.15, -0.1) is 5.10 Å². The standard InChI is InChI=1S/C9H12N4O/c1-10-5-7-6-11-8-3-4-9(14-2)12-13(7)8/h3-4,6,10H,5H2,1-2H3. The zero-order chi connectivity index (χ0) is 9.97. The van der Waals surface area contributed by atoms with Crippen LogP contribution in [-0.2, 0) is 6.54 Å². The molecule has 74 valence electrons. The summed E-state index contributed by atoms with van der Waals surface area (Å²) in [6, 6.07) is 3.68. The van der Waals surface area contributed by atoms with Gasteiger partial charge >= 0.3 is 0 Å². The van der Waals surface area contributed by atoms with Crippen molar-refractivity contribution in [3.63, 3.8) is 0 Å². The minimum atomic E-state index is 0.591. The van der Waals surface area contributed by atoms with E-state index in [0.717, 1.165) is 17.9 Å². The highest BCUT2D eigenvalue weighted by molar-refractivity contribution is 5.39. The van der Waals surface area contributed by atoms with Crippen LogP contribution in [0.15, 0.2) is 18.3 Å². The molecule has 2 aromatic heterocycles. The van der Waals surface area contributed by atoms with Crippen LogP contribution in [0.1, 0.15) is 5.69 Å². The second kappa shape index (κ2) is 3.63. The zero-order valence-electron chi connectivity index (χ0n) is 8.19. The van der Waals surface area contributed by atoms with E-state index in [-0.39, 0.29) is 0 Å². The van der Waals surface area contributed by atoms with Crippen molar-refractivity contribution in [1.29, 1.82) is 0 Å². The lowest BCUT2D eigenvalue weighted by atomic mass is 10.5. The maximum Gasteiger partial charge on any atom is 0.231 e. The lowest BCUT2D eigenvalue weighted by Gasteiger charge is -2.01. The van der Waals surface area contributed by atoms with Gasteiger partial charge in [0.1, 0.15) is 0 Å². The number of aromatic nitrogens is 3. The molecule has 0 saturated carbocycles. The molecule has 0 bridgehead atoms. The van der Waals surface area contributed by atoms with E-state index in [0.29, 0.717) is 5.88 Å². The van der Waals surface area contributed by atoms with E-state index in [1.54, 1.807) is 23.9 Å². The van der Waals surface area contributed by atoms with Crippen molar-refractivity contribution in [2.45, 2.75) is 6.54 Å². The number of nitrogens with one attached hydrogen (secondary N) is 1. The largest absolute Gasteiger partial charge is 0.480 e. The number of nitrogens with zero attached hydrogens (tertiary/aromatic N) is 3. The summed E-state index contributed by atoms with van der Waals surface area (Å²) >= 11 is 0. The molecule has 0 fully saturated rings. The van der Waals surface area contributed by atoms with Gasteiger partial charge in [-0.1, -0.05) is 0 Å². The molecular formula is C9H12N4O. The number of ether oxygens (including phenoxy) is 1. The second-order valence-electron chi connectivity index (χ2n) is 2.93. The Kier molecular flexibility index (Phi) is 2.32. The number of hydrogen-bond acceptors (Lipinski definition) is 4. The fraction of sp³-hybridized carbons (Fsp3) is 0.333. The van der Waals surface area contributed by atoms with E-state index in [2.05, 4.69) is 15.4 Å². The smallest absolute Gasteiger partial charge is 0.231 e. The lowest BCUT2D eigenvalue weighted by molar-refractivity contribution is 0.389. The summed E-state index contributed by atoms with van der Waals surface area (Å²) in [5.41, 5.74) is 1.84. The van der Waals surface area contributed by atoms with Crippen molar-refractivity contribution in [3.05, 3.63) is 24.0 Å². The first-order valence-corrected chi connectivity index (χ1v) is 4.37. The van der Waals surface area contributed by atoms with E-state index < -0.39 is 0 Å². The molecule has 2 rings (SSSR count). The van der Waals surface area contributed by atoms with Gasteiger partial charge in [-0.3, -0.25) is 0 Å². The summed E-state index contributed by atoms with van der Waals surface area (Å²) in [4.78, 5) is 4.22. The van der Waals surface area contributed by atoms with E-state index >= 15 is 0 Å². The molecule has 0 radical (unpaired) electrons. The van der Waals surface area contributed by atoms with E-state index in [4.69, 9.17) is 4.74 Å². The molecule has 1 N–H and O–H groups in total. The van der Waals surface area contributed by atoms with Crippen molar-refractivity contribution in [2.75, 3.05) is 14.2 Å². The molecule has 2 heterocycles. The molecule has 5 heteroatoms. The first-order valence-electron chi connectivity index (χ1n) is 4.37. The van der Waals surface area contributed by atoms with Gasteiger partial charge in [0.15, 0.2) is 5.65 Å². The van der Waals surface area contributed by atoms with E-state index in [1.807, 2.05) is 13.1 Å². The fourth-order valence-corrected chi connectivity index (χ4v) is 1.31. The van der Waals surface area contributed by atoms with Crippen LogP contribution in [-0.4, -0.2) is 28.8 Å². The van der Waals surface area contributed by atoms with Crippen LogP contribution in [0.2, 0.25) is 0 Å². The number of hydrogen-bond donors (Lipinski definition) is 1. The predicted octanol–water partition coefficient (Wildman–Crippen LogP) is 0.457. The average Bonchev–Trinajstić information content (AvgIpc) is 2.61. The van der Waals surface area contributed by atoms with Crippen LogP contribution in [0.25, 0.3) is 5.65 Å². The first-order chi connectivity index (χ1) is 6.85. The Morgan fingerprint density at radius 2 is 2.36 bits per heavy atom. The van der Waals surface area contributed by atoms with Crippen LogP contribution < -0.4 is 10.1 Å². The summed E-state index contributed by atoms with van der Waals surface area (Å²) in [6.07, 6.45) is 1.80. The molecule has 14 heavy (non-hydrogen) atoms. The van der Waals surface area contributed by atoms with Crippen molar-refractivity contribution in [2.24, 2.45) is 0 Å². The minimum absolute atomic E-state index is 0.591. The molecule has 0 aliphatic heterocycles. The van der Waals surface area contributed by atoms with Gasteiger partial charge in [0.05, 0.1) is 19.0 Å². The topological polar surface area (TPSA) is 51.5 Å². The summed E-state index contributed by atoms with van der Waals surface area (Å²) in [7, 11) is 3.49. The van der Waals surface area contributed by atoms with Crippen LogP contribution in [0.3, 0.4) is 0 Å².